The van der Waals surface area contributed by atoms with E-state index in [-0.39, 0.29) is 11.3 Å². The van der Waals surface area contributed by atoms with Crippen molar-refractivity contribution in [2.45, 2.75) is 18.9 Å². The number of rotatable bonds is 2. The highest BCUT2D eigenvalue weighted by molar-refractivity contribution is 7.96. The minimum absolute atomic E-state index is 0.142. The number of amides is 1. The summed E-state index contributed by atoms with van der Waals surface area (Å²) in [5.74, 6) is 0. The molecule has 0 spiro atoms. The topological polar surface area (TPSA) is 61.0 Å². The number of fused-ring (bicyclic) bond motifs is 1. The summed E-state index contributed by atoms with van der Waals surface area (Å²) in [5, 5.41) is 11.4. The number of hydrogen-bond acceptors (Lipinski definition) is 3. The molecule has 0 saturated carbocycles. The number of likely N-dealkylation sites (tertiary alicyclic amines) is 1. The summed E-state index contributed by atoms with van der Waals surface area (Å²) >= 11 is 3.89. The van der Waals surface area contributed by atoms with Crippen molar-refractivity contribution in [3.8, 4) is 0 Å². The third-order valence-electron chi connectivity index (χ3n) is 3.50. The van der Waals surface area contributed by atoms with Gasteiger partial charge in [-0.3, -0.25) is 9.89 Å². The zero-order valence-corrected chi connectivity index (χ0v) is 11.4. The maximum Gasteiger partial charge on any atom is 0.278 e. The molecule has 0 radical (unpaired) electrons. The van der Waals surface area contributed by atoms with E-state index in [1.165, 1.54) is 0 Å². The largest absolute Gasteiger partial charge is 0.381 e. The summed E-state index contributed by atoms with van der Waals surface area (Å²) in [6.07, 6.45) is 3.89. The van der Waals surface area contributed by atoms with Crippen molar-refractivity contribution in [3.05, 3.63) is 24.4 Å². The van der Waals surface area contributed by atoms with E-state index in [1.54, 1.807) is 4.90 Å². The number of anilines is 1. The Labute approximate surface area is 116 Å². The van der Waals surface area contributed by atoms with Crippen LogP contribution in [0.1, 0.15) is 12.8 Å². The Balaban J connectivity index is 1.71. The SMILES string of the molecule is O=C(S)N1CCCC(Nc2ccc3[nH]ncc3c2)C1. The van der Waals surface area contributed by atoms with Gasteiger partial charge >= 0.3 is 0 Å². The van der Waals surface area contributed by atoms with Crippen LogP contribution >= 0.6 is 12.6 Å². The van der Waals surface area contributed by atoms with E-state index in [9.17, 15) is 4.79 Å². The number of nitrogens with zero attached hydrogens (tertiary/aromatic N) is 2. The third-order valence-corrected chi connectivity index (χ3v) is 3.79. The average molecular weight is 276 g/mol. The lowest BCUT2D eigenvalue weighted by molar-refractivity contribution is 0.207. The Kier molecular flexibility index (Phi) is 3.33. The number of carbonyl (C=O) groups excluding carboxylic acids is 1. The van der Waals surface area contributed by atoms with Gasteiger partial charge in [-0.05, 0) is 31.0 Å². The number of H-pyrrole nitrogens is 1. The van der Waals surface area contributed by atoms with Crippen LogP contribution in [0.25, 0.3) is 10.9 Å². The zero-order valence-electron chi connectivity index (χ0n) is 10.5. The molecular weight excluding hydrogens is 260 g/mol. The van der Waals surface area contributed by atoms with Crippen LogP contribution in [0.2, 0.25) is 0 Å². The van der Waals surface area contributed by atoms with Crippen LogP contribution < -0.4 is 5.32 Å². The van der Waals surface area contributed by atoms with Crippen LogP contribution in [0, 0.1) is 0 Å². The molecule has 3 rings (SSSR count). The van der Waals surface area contributed by atoms with Crippen LogP contribution in [0.3, 0.4) is 0 Å². The van der Waals surface area contributed by atoms with Gasteiger partial charge in [0.25, 0.3) is 5.24 Å². The van der Waals surface area contributed by atoms with Crippen molar-refractivity contribution < 1.29 is 4.79 Å². The number of aromatic nitrogens is 2. The molecule has 0 bridgehead atoms. The molecule has 5 nitrogen and oxygen atoms in total. The van der Waals surface area contributed by atoms with E-state index in [0.29, 0.717) is 6.54 Å². The highest BCUT2D eigenvalue weighted by Gasteiger charge is 2.21. The summed E-state index contributed by atoms with van der Waals surface area (Å²) < 4.78 is 0. The highest BCUT2D eigenvalue weighted by Crippen LogP contribution is 2.20. The van der Waals surface area contributed by atoms with Crippen molar-refractivity contribution >= 4 is 34.5 Å². The second-order valence-electron chi connectivity index (χ2n) is 4.88. The number of thiol groups is 1. The van der Waals surface area contributed by atoms with E-state index in [1.807, 2.05) is 18.3 Å². The quantitative estimate of drug-likeness (QED) is 0.739. The molecule has 100 valence electrons. The molecular formula is C13H16N4OS. The number of nitrogens with one attached hydrogen (secondary N) is 2. The first-order valence-corrected chi connectivity index (χ1v) is 6.84. The summed E-state index contributed by atoms with van der Waals surface area (Å²) in [4.78, 5) is 13.1. The Hall–Kier alpha value is -1.69. The second-order valence-corrected chi connectivity index (χ2v) is 5.27. The van der Waals surface area contributed by atoms with Crippen molar-refractivity contribution in [2.24, 2.45) is 0 Å². The number of aromatic amines is 1. The minimum atomic E-state index is -0.142. The normalized spacial score (nSPS) is 19.6. The summed E-state index contributed by atoms with van der Waals surface area (Å²) in [6.45, 7) is 1.52. The van der Waals surface area contributed by atoms with Gasteiger partial charge in [0.1, 0.15) is 0 Å². The van der Waals surface area contributed by atoms with Crippen molar-refractivity contribution in [2.75, 3.05) is 18.4 Å². The van der Waals surface area contributed by atoms with Crippen molar-refractivity contribution in [3.63, 3.8) is 0 Å². The van der Waals surface area contributed by atoms with Gasteiger partial charge in [-0.2, -0.15) is 5.10 Å². The first-order chi connectivity index (χ1) is 9.22. The Morgan fingerprint density at radius 3 is 3.26 bits per heavy atom. The maximum absolute atomic E-state index is 11.3. The molecule has 1 aromatic carbocycles. The smallest absolute Gasteiger partial charge is 0.278 e. The number of hydrogen-bond donors (Lipinski definition) is 3. The fourth-order valence-electron chi connectivity index (χ4n) is 2.54. The molecule has 2 N–H and O–H groups in total. The Morgan fingerprint density at radius 2 is 2.42 bits per heavy atom. The standard InChI is InChI=1S/C13H16N4OS/c18-13(19)17-5-1-2-11(8-17)15-10-3-4-12-9(6-10)7-14-16-12/h3-4,6-7,11,15H,1-2,5,8H2,(H,14,16)(H,18,19). The second kappa shape index (κ2) is 5.13. The molecule has 19 heavy (non-hydrogen) atoms. The lowest BCUT2D eigenvalue weighted by Crippen LogP contribution is -2.43. The highest BCUT2D eigenvalue weighted by atomic mass is 32.1. The minimum Gasteiger partial charge on any atom is -0.381 e. The molecule has 1 aliphatic rings. The average Bonchev–Trinajstić information content (AvgIpc) is 2.86. The monoisotopic (exact) mass is 276 g/mol. The van der Waals surface area contributed by atoms with Crippen LogP contribution in [-0.4, -0.2) is 39.5 Å². The Bertz CT molecular complexity index is 597. The number of benzene rings is 1. The number of piperidine rings is 1. The molecule has 2 aromatic rings. The summed E-state index contributed by atoms with van der Waals surface area (Å²) in [6, 6.07) is 6.39. The van der Waals surface area contributed by atoms with Gasteiger partial charge < -0.3 is 10.2 Å². The lowest BCUT2D eigenvalue weighted by atomic mass is 10.1. The maximum atomic E-state index is 11.3. The van der Waals surface area contributed by atoms with Gasteiger partial charge in [-0.1, -0.05) is 12.6 Å². The van der Waals surface area contributed by atoms with Gasteiger partial charge in [0.2, 0.25) is 0 Å². The van der Waals surface area contributed by atoms with Crippen LogP contribution in [0.15, 0.2) is 24.4 Å². The van der Waals surface area contributed by atoms with E-state index < -0.39 is 0 Å². The Morgan fingerprint density at radius 1 is 1.53 bits per heavy atom. The first-order valence-electron chi connectivity index (χ1n) is 6.40. The molecule has 1 saturated heterocycles. The molecule has 1 aromatic heterocycles. The van der Waals surface area contributed by atoms with Crippen LogP contribution in [0.4, 0.5) is 10.5 Å². The van der Waals surface area contributed by atoms with Crippen molar-refractivity contribution in [1.82, 2.24) is 15.1 Å². The summed E-state index contributed by atoms with van der Waals surface area (Å²) in [5.41, 5.74) is 2.09. The van der Waals surface area contributed by atoms with Gasteiger partial charge in [-0.15, -0.1) is 0 Å². The van der Waals surface area contributed by atoms with Gasteiger partial charge in [0.05, 0.1) is 11.7 Å². The molecule has 1 unspecified atom stereocenters. The van der Waals surface area contributed by atoms with Gasteiger partial charge in [0.15, 0.2) is 0 Å². The van der Waals surface area contributed by atoms with Crippen molar-refractivity contribution in [1.29, 1.82) is 0 Å². The molecule has 6 heteroatoms. The summed E-state index contributed by atoms with van der Waals surface area (Å²) in [7, 11) is 0. The fourth-order valence-corrected chi connectivity index (χ4v) is 2.72. The number of carbonyl (C=O) groups is 1. The third kappa shape index (κ3) is 2.68. The van der Waals surface area contributed by atoms with E-state index in [0.717, 1.165) is 36.0 Å². The predicted octanol–water partition coefficient (Wildman–Crippen LogP) is 2.49. The van der Waals surface area contributed by atoms with E-state index >= 15 is 0 Å². The molecule has 1 amide bonds. The van der Waals surface area contributed by atoms with Gasteiger partial charge in [-0.25, -0.2) is 0 Å². The lowest BCUT2D eigenvalue weighted by Gasteiger charge is -2.32. The zero-order chi connectivity index (χ0) is 13.2. The molecule has 1 fully saturated rings. The van der Waals surface area contributed by atoms with E-state index in [4.69, 9.17) is 0 Å². The molecule has 1 atom stereocenters. The molecule has 1 aliphatic heterocycles. The first kappa shape index (κ1) is 12.3. The fraction of sp³-hybridized carbons (Fsp3) is 0.385. The van der Waals surface area contributed by atoms with Gasteiger partial charge in [0, 0.05) is 30.2 Å². The van der Waals surface area contributed by atoms with Crippen LogP contribution in [0.5, 0.6) is 0 Å². The van der Waals surface area contributed by atoms with E-state index in [2.05, 4.69) is 34.2 Å². The molecule has 2 heterocycles. The van der Waals surface area contributed by atoms with Crippen LogP contribution in [-0.2, 0) is 0 Å². The molecule has 0 aliphatic carbocycles. The predicted molar refractivity (Wildman–Crippen MR) is 78.7 cm³/mol.